The summed E-state index contributed by atoms with van der Waals surface area (Å²) in [6.45, 7) is 8.19. The summed E-state index contributed by atoms with van der Waals surface area (Å²) < 4.78 is 26.6. The van der Waals surface area contributed by atoms with E-state index in [-0.39, 0.29) is 11.3 Å². The zero-order valence-corrected chi connectivity index (χ0v) is 17.3. The second-order valence-electron chi connectivity index (χ2n) is 7.19. The first-order valence-electron chi connectivity index (χ1n) is 9.55. The molecule has 7 heteroatoms. The quantitative estimate of drug-likeness (QED) is 0.702. The number of para-hydroxylation sites is 1. The standard InChI is InChI=1S/C22H26N2O4S/c1-3-21(24-13-11-23(12-14-24)19-7-5-4-6-8-19)29(27,28)20-10-9-17(2)18(15-20)16-22(25)26/h3-10,15,21H,1,11-14,16H2,2H3,(H,25,26). The summed E-state index contributed by atoms with van der Waals surface area (Å²) >= 11 is 0. The molecule has 2 aromatic carbocycles. The van der Waals surface area contributed by atoms with Gasteiger partial charge in [0.15, 0.2) is 9.84 Å². The summed E-state index contributed by atoms with van der Waals surface area (Å²) in [5.74, 6) is -0.986. The predicted molar refractivity (Wildman–Crippen MR) is 114 cm³/mol. The summed E-state index contributed by atoms with van der Waals surface area (Å²) in [5.41, 5.74) is 2.40. The maximum atomic E-state index is 13.3. The number of rotatable bonds is 7. The number of carboxylic acids is 1. The van der Waals surface area contributed by atoms with Crippen molar-refractivity contribution in [2.45, 2.75) is 23.6 Å². The lowest BCUT2D eigenvalue weighted by molar-refractivity contribution is -0.136. The second kappa shape index (κ2) is 8.80. The van der Waals surface area contributed by atoms with Crippen molar-refractivity contribution < 1.29 is 18.3 Å². The molecule has 1 atom stereocenters. The Morgan fingerprint density at radius 2 is 1.79 bits per heavy atom. The third kappa shape index (κ3) is 4.68. The number of carboxylic acid groups (broad SMARTS) is 1. The Morgan fingerprint density at radius 3 is 2.38 bits per heavy atom. The zero-order chi connectivity index (χ0) is 21.0. The Kier molecular flexibility index (Phi) is 6.39. The normalized spacial score (nSPS) is 16.4. The first kappa shape index (κ1) is 21.1. The average molecular weight is 415 g/mol. The molecule has 1 N–H and O–H groups in total. The Balaban J connectivity index is 1.79. The van der Waals surface area contributed by atoms with Crippen LogP contribution in [0.15, 0.2) is 66.1 Å². The van der Waals surface area contributed by atoms with E-state index in [0.29, 0.717) is 18.7 Å². The minimum Gasteiger partial charge on any atom is -0.481 e. The van der Waals surface area contributed by atoms with E-state index in [1.807, 2.05) is 35.2 Å². The minimum absolute atomic E-state index is 0.134. The van der Waals surface area contributed by atoms with Gasteiger partial charge in [0, 0.05) is 31.9 Å². The van der Waals surface area contributed by atoms with Crippen LogP contribution in [-0.2, 0) is 21.1 Å². The largest absolute Gasteiger partial charge is 0.481 e. The lowest BCUT2D eigenvalue weighted by Gasteiger charge is -2.39. The number of aryl methyl sites for hydroxylation is 1. The fourth-order valence-corrected chi connectivity index (χ4v) is 5.36. The molecule has 1 saturated heterocycles. The highest BCUT2D eigenvalue weighted by atomic mass is 32.2. The van der Waals surface area contributed by atoms with Crippen LogP contribution in [0.3, 0.4) is 0 Å². The Bertz CT molecular complexity index is 981. The summed E-state index contributed by atoms with van der Waals surface area (Å²) in [4.78, 5) is 15.4. The molecule has 0 radical (unpaired) electrons. The summed E-state index contributed by atoms with van der Waals surface area (Å²) in [6, 6.07) is 14.7. The molecule has 3 rings (SSSR count). The van der Waals surface area contributed by atoms with Crippen molar-refractivity contribution in [3.8, 4) is 0 Å². The molecule has 0 aliphatic carbocycles. The van der Waals surface area contributed by atoms with Crippen LogP contribution in [0.2, 0.25) is 0 Å². The van der Waals surface area contributed by atoms with Gasteiger partial charge in [-0.2, -0.15) is 0 Å². The molecule has 6 nitrogen and oxygen atoms in total. The molecule has 1 aliphatic rings. The fourth-order valence-electron chi connectivity index (χ4n) is 3.66. The van der Waals surface area contributed by atoms with Crippen molar-refractivity contribution >= 4 is 21.5 Å². The van der Waals surface area contributed by atoms with Crippen LogP contribution in [0.25, 0.3) is 0 Å². The van der Waals surface area contributed by atoms with Gasteiger partial charge in [0.05, 0.1) is 11.3 Å². The summed E-state index contributed by atoms with van der Waals surface area (Å²) in [6.07, 6.45) is 1.26. The van der Waals surface area contributed by atoms with Gasteiger partial charge < -0.3 is 10.0 Å². The summed E-state index contributed by atoms with van der Waals surface area (Å²) in [5, 5.41) is 8.24. The molecule has 0 amide bonds. The molecule has 1 fully saturated rings. The van der Waals surface area contributed by atoms with E-state index in [1.165, 1.54) is 12.1 Å². The van der Waals surface area contributed by atoms with Crippen LogP contribution in [0.1, 0.15) is 11.1 Å². The van der Waals surface area contributed by atoms with Gasteiger partial charge in [0.25, 0.3) is 0 Å². The van der Waals surface area contributed by atoms with Crippen molar-refractivity contribution in [3.05, 3.63) is 72.3 Å². The van der Waals surface area contributed by atoms with Crippen LogP contribution in [0.5, 0.6) is 0 Å². The highest BCUT2D eigenvalue weighted by Crippen LogP contribution is 2.25. The van der Waals surface area contributed by atoms with Gasteiger partial charge in [-0.15, -0.1) is 6.58 Å². The number of piperazine rings is 1. The SMILES string of the molecule is C=CC(N1CCN(c2ccccc2)CC1)S(=O)(=O)c1ccc(C)c(CC(=O)O)c1. The average Bonchev–Trinajstić information content (AvgIpc) is 2.71. The number of hydrogen-bond donors (Lipinski definition) is 1. The predicted octanol–water partition coefficient (Wildman–Crippen LogP) is 2.73. The molecule has 0 bridgehead atoms. The highest BCUT2D eigenvalue weighted by molar-refractivity contribution is 7.92. The van der Waals surface area contributed by atoms with Gasteiger partial charge in [-0.3, -0.25) is 9.69 Å². The van der Waals surface area contributed by atoms with Crippen molar-refractivity contribution in [1.82, 2.24) is 4.90 Å². The van der Waals surface area contributed by atoms with Gasteiger partial charge in [-0.1, -0.05) is 30.3 Å². The number of benzene rings is 2. The van der Waals surface area contributed by atoms with E-state index in [0.717, 1.165) is 24.3 Å². The molecule has 1 unspecified atom stereocenters. The maximum Gasteiger partial charge on any atom is 0.307 e. The smallest absolute Gasteiger partial charge is 0.307 e. The van der Waals surface area contributed by atoms with Gasteiger partial charge >= 0.3 is 5.97 Å². The van der Waals surface area contributed by atoms with Crippen LogP contribution in [0, 0.1) is 6.92 Å². The number of hydrogen-bond acceptors (Lipinski definition) is 5. The molecule has 0 aromatic heterocycles. The van der Waals surface area contributed by atoms with E-state index in [9.17, 15) is 13.2 Å². The summed E-state index contributed by atoms with van der Waals surface area (Å²) in [7, 11) is -3.71. The molecule has 29 heavy (non-hydrogen) atoms. The van der Waals surface area contributed by atoms with Gasteiger partial charge in [-0.25, -0.2) is 8.42 Å². The molecule has 1 aliphatic heterocycles. The van der Waals surface area contributed by atoms with E-state index in [2.05, 4.69) is 11.5 Å². The lowest BCUT2D eigenvalue weighted by Crippen LogP contribution is -2.52. The molecule has 0 saturated carbocycles. The zero-order valence-electron chi connectivity index (χ0n) is 16.5. The van der Waals surface area contributed by atoms with E-state index in [1.54, 1.807) is 19.1 Å². The van der Waals surface area contributed by atoms with Crippen LogP contribution in [0.4, 0.5) is 5.69 Å². The Hall–Kier alpha value is -2.64. The van der Waals surface area contributed by atoms with Gasteiger partial charge in [0.1, 0.15) is 5.37 Å². The Labute approximate surface area is 172 Å². The van der Waals surface area contributed by atoms with Gasteiger partial charge in [0.2, 0.25) is 0 Å². The van der Waals surface area contributed by atoms with Crippen LogP contribution >= 0.6 is 0 Å². The maximum absolute atomic E-state index is 13.3. The number of aliphatic carboxylic acids is 1. The highest BCUT2D eigenvalue weighted by Gasteiger charge is 2.33. The van der Waals surface area contributed by atoms with Crippen molar-refractivity contribution in [3.63, 3.8) is 0 Å². The first-order valence-corrected chi connectivity index (χ1v) is 11.1. The minimum atomic E-state index is -3.71. The molecule has 0 spiro atoms. The van der Waals surface area contributed by atoms with Crippen molar-refractivity contribution in [2.75, 3.05) is 31.1 Å². The molecule has 2 aromatic rings. The lowest BCUT2D eigenvalue weighted by atomic mass is 10.1. The number of nitrogens with zero attached hydrogens (tertiary/aromatic N) is 2. The van der Waals surface area contributed by atoms with E-state index < -0.39 is 21.2 Å². The van der Waals surface area contributed by atoms with E-state index in [4.69, 9.17) is 5.11 Å². The van der Waals surface area contributed by atoms with Crippen molar-refractivity contribution in [2.24, 2.45) is 0 Å². The molecular weight excluding hydrogens is 388 g/mol. The first-order chi connectivity index (χ1) is 13.8. The number of sulfone groups is 1. The molecular formula is C22H26N2O4S. The molecule has 1 heterocycles. The monoisotopic (exact) mass is 414 g/mol. The van der Waals surface area contributed by atoms with Crippen LogP contribution < -0.4 is 4.90 Å². The van der Waals surface area contributed by atoms with E-state index >= 15 is 0 Å². The van der Waals surface area contributed by atoms with Crippen LogP contribution in [-0.4, -0.2) is 55.9 Å². The topological polar surface area (TPSA) is 77.9 Å². The second-order valence-corrected chi connectivity index (χ2v) is 9.23. The van der Waals surface area contributed by atoms with Crippen molar-refractivity contribution in [1.29, 1.82) is 0 Å². The third-order valence-electron chi connectivity index (χ3n) is 5.31. The molecule has 154 valence electrons. The fraction of sp³-hybridized carbons (Fsp3) is 0.318. The third-order valence-corrected chi connectivity index (χ3v) is 7.34. The number of anilines is 1. The Morgan fingerprint density at radius 1 is 1.14 bits per heavy atom. The number of carbonyl (C=O) groups is 1. The van der Waals surface area contributed by atoms with Gasteiger partial charge in [-0.05, 0) is 42.3 Å².